The lowest BCUT2D eigenvalue weighted by atomic mass is 10.1. The van der Waals surface area contributed by atoms with Crippen molar-refractivity contribution in [1.29, 1.82) is 0 Å². The standard InChI is InChI=1S/C10H17N3O6S.C9H15N3O2S/c11-5(10(18)19)1-2-7(14)13-6(4-20)9(17)12-3-8(15)16;1-11(2)7(9(13)14)4-6-8(15)10-5-12(6)3/h5-6,20H,1-4,11H2,(H,12,17)(H,13,14)(H,15,16)(H,18,19);5,7,15H,4H2,1-3H3,(H,13,14)/t5-,6-;7-/m00/s1. The number of carboxylic acid groups (broad SMARTS) is 3. The van der Waals surface area contributed by atoms with Gasteiger partial charge in [0.15, 0.2) is 0 Å². The number of hydrogen-bond acceptors (Lipinski definition) is 10. The van der Waals surface area contributed by atoms with Crippen molar-refractivity contribution in [2.75, 3.05) is 26.4 Å². The average Bonchev–Trinajstić information content (AvgIpc) is 3.09. The molecule has 0 fully saturated rings. The van der Waals surface area contributed by atoms with Crippen LogP contribution in [0.15, 0.2) is 11.4 Å². The number of aromatic nitrogens is 2. The Labute approximate surface area is 213 Å². The highest BCUT2D eigenvalue weighted by atomic mass is 32.1. The van der Waals surface area contributed by atoms with Gasteiger partial charge in [-0.25, -0.2) is 4.98 Å². The summed E-state index contributed by atoms with van der Waals surface area (Å²) in [4.78, 5) is 60.4. The van der Waals surface area contributed by atoms with Crippen molar-refractivity contribution in [3.63, 3.8) is 0 Å². The van der Waals surface area contributed by atoms with Gasteiger partial charge in [-0.2, -0.15) is 12.6 Å². The number of nitrogens with one attached hydrogen (secondary N) is 2. The van der Waals surface area contributed by atoms with Gasteiger partial charge in [0.2, 0.25) is 11.8 Å². The maximum Gasteiger partial charge on any atom is 0.322 e. The molecular formula is C19H32N6O8S2. The third-order valence-electron chi connectivity index (χ3n) is 4.58. The molecule has 7 N–H and O–H groups in total. The van der Waals surface area contributed by atoms with Gasteiger partial charge in [0.05, 0.1) is 12.0 Å². The Hall–Kier alpha value is -2.82. The van der Waals surface area contributed by atoms with E-state index in [1.165, 1.54) is 0 Å². The zero-order chi connectivity index (χ0) is 27.3. The Morgan fingerprint density at radius 2 is 1.77 bits per heavy atom. The van der Waals surface area contributed by atoms with Gasteiger partial charge in [0, 0.05) is 25.6 Å². The first-order valence-electron chi connectivity index (χ1n) is 10.2. The number of carboxylic acids is 3. The van der Waals surface area contributed by atoms with Crippen LogP contribution >= 0.6 is 25.3 Å². The molecule has 3 atom stereocenters. The third-order valence-corrected chi connectivity index (χ3v) is 5.32. The number of amides is 2. The summed E-state index contributed by atoms with van der Waals surface area (Å²) in [6.07, 6.45) is 1.80. The summed E-state index contributed by atoms with van der Waals surface area (Å²) in [5, 5.41) is 31.0. The van der Waals surface area contributed by atoms with Crippen molar-refractivity contribution >= 4 is 55.0 Å². The number of thiol groups is 2. The van der Waals surface area contributed by atoms with E-state index in [1.54, 1.807) is 29.9 Å². The number of carbonyl (C=O) groups excluding carboxylic acids is 2. The molecule has 0 bridgehead atoms. The minimum atomic E-state index is -1.22. The van der Waals surface area contributed by atoms with Gasteiger partial charge < -0.3 is 36.3 Å². The number of nitrogens with zero attached hydrogens (tertiary/aromatic N) is 3. The molecule has 35 heavy (non-hydrogen) atoms. The lowest BCUT2D eigenvalue weighted by Crippen LogP contribution is -2.49. The molecule has 2 amide bonds. The smallest absolute Gasteiger partial charge is 0.322 e. The van der Waals surface area contributed by atoms with Crippen LogP contribution in [0.2, 0.25) is 0 Å². The van der Waals surface area contributed by atoms with Crippen molar-refractivity contribution in [3.8, 4) is 0 Å². The average molecular weight is 537 g/mol. The van der Waals surface area contributed by atoms with Crippen LogP contribution in [0.5, 0.6) is 0 Å². The van der Waals surface area contributed by atoms with E-state index < -0.39 is 54.4 Å². The number of aryl methyl sites for hydroxylation is 1. The quantitative estimate of drug-likeness (QED) is 0.130. The fourth-order valence-electron chi connectivity index (χ4n) is 2.51. The number of nitrogens with two attached hydrogens (primary N) is 1. The zero-order valence-electron chi connectivity index (χ0n) is 19.5. The molecule has 1 rings (SSSR count). The minimum Gasteiger partial charge on any atom is -0.480 e. The monoisotopic (exact) mass is 536 g/mol. The highest BCUT2D eigenvalue weighted by Gasteiger charge is 2.23. The Morgan fingerprint density at radius 1 is 1.17 bits per heavy atom. The van der Waals surface area contributed by atoms with Gasteiger partial charge in [-0.15, -0.1) is 12.6 Å². The van der Waals surface area contributed by atoms with Crippen molar-refractivity contribution in [1.82, 2.24) is 25.1 Å². The molecular weight excluding hydrogens is 504 g/mol. The van der Waals surface area contributed by atoms with Gasteiger partial charge in [0.1, 0.15) is 29.7 Å². The van der Waals surface area contributed by atoms with Gasteiger partial charge in [-0.05, 0) is 20.5 Å². The van der Waals surface area contributed by atoms with Gasteiger partial charge in [-0.1, -0.05) is 0 Å². The van der Waals surface area contributed by atoms with Crippen LogP contribution in [0.25, 0.3) is 0 Å². The second-order valence-electron chi connectivity index (χ2n) is 7.55. The fourth-order valence-corrected chi connectivity index (χ4v) is 3.07. The summed E-state index contributed by atoms with van der Waals surface area (Å²) in [6, 6.07) is -2.70. The molecule has 1 aromatic heterocycles. The Balaban J connectivity index is 0.000000686. The highest BCUT2D eigenvalue weighted by molar-refractivity contribution is 7.80. The lowest BCUT2D eigenvalue weighted by Gasteiger charge is -2.20. The number of imidazole rings is 1. The molecule has 16 heteroatoms. The Morgan fingerprint density at radius 3 is 2.17 bits per heavy atom. The first-order valence-corrected chi connectivity index (χ1v) is 11.3. The fraction of sp³-hybridized carbons (Fsp3) is 0.579. The van der Waals surface area contributed by atoms with Gasteiger partial charge in [-0.3, -0.25) is 28.9 Å². The molecule has 0 radical (unpaired) electrons. The van der Waals surface area contributed by atoms with Crippen molar-refractivity contribution in [2.24, 2.45) is 12.8 Å². The van der Waals surface area contributed by atoms with Crippen LogP contribution in [-0.4, -0.2) is 104 Å². The van der Waals surface area contributed by atoms with Crippen molar-refractivity contribution < 1.29 is 39.3 Å². The first-order chi connectivity index (χ1) is 16.2. The molecule has 0 aliphatic rings. The van der Waals surface area contributed by atoms with E-state index in [0.29, 0.717) is 11.4 Å². The van der Waals surface area contributed by atoms with Crippen LogP contribution in [0.1, 0.15) is 18.5 Å². The molecule has 0 spiro atoms. The lowest BCUT2D eigenvalue weighted by molar-refractivity contribution is -0.142. The molecule has 1 heterocycles. The van der Waals surface area contributed by atoms with Crippen LogP contribution in [0.3, 0.4) is 0 Å². The number of aliphatic carboxylic acids is 3. The molecule has 0 aromatic carbocycles. The highest BCUT2D eigenvalue weighted by Crippen LogP contribution is 2.14. The van der Waals surface area contributed by atoms with E-state index in [4.69, 9.17) is 21.1 Å². The number of likely N-dealkylation sites (N-methyl/N-ethyl adjacent to an activating group) is 1. The molecule has 1 aromatic rings. The molecule has 0 aliphatic heterocycles. The molecule has 0 aliphatic carbocycles. The van der Waals surface area contributed by atoms with Crippen molar-refractivity contribution in [2.45, 2.75) is 42.4 Å². The zero-order valence-corrected chi connectivity index (χ0v) is 21.3. The largest absolute Gasteiger partial charge is 0.480 e. The minimum absolute atomic E-state index is 0.0256. The van der Waals surface area contributed by atoms with Gasteiger partial charge >= 0.3 is 17.9 Å². The summed E-state index contributed by atoms with van der Waals surface area (Å²) >= 11 is 8.06. The number of hydrogen-bond donors (Lipinski definition) is 8. The molecule has 14 nitrogen and oxygen atoms in total. The van der Waals surface area contributed by atoms with E-state index in [9.17, 15) is 24.0 Å². The van der Waals surface area contributed by atoms with Crippen LogP contribution < -0.4 is 16.4 Å². The van der Waals surface area contributed by atoms with E-state index in [2.05, 4.69) is 40.9 Å². The predicted octanol–water partition coefficient (Wildman–Crippen LogP) is -1.94. The van der Waals surface area contributed by atoms with E-state index in [1.807, 2.05) is 7.05 Å². The normalized spacial score (nSPS) is 13.1. The van der Waals surface area contributed by atoms with E-state index in [0.717, 1.165) is 5.69 Å². The van der Waals surface area contributed by atoms with Crippen molar-refractivity contribution in [3.05, 3.63) is 12.0 Å². The summed E-state index contributed by atoms with van der Waals surface area (Å²) in [5.74, 6) is -4.54. The second kappa shape index (κ2) is 16.0. The molecule has 0 saturated carbocycles. The maximum absolute atomic E-state index is 11.5. The number of carbonyl (C=O) groups is 5. The summed E-state index contributed by atoms with van der Waals surface area (Å²) in [7, 11) is 5.32. The van der Waals surface area contributed by atoms with Crippen LogP contribution in [0.4, 0.5) is 0 Å². The SMILES string of the molecule is CN(C)[C@@H](Cc1c(S)ncn1C)C(=O)O.N[C@@H](CCC(=O)N[C@@H](CS)C(=O)NCC(=O)O)C(=O)O. The number of rotatable bonds is 13. The van der Waals surface area contributed by atoms with E-state index >= 15 is 0 Å². The first kappa shape index (κ1) is 32.2. The Bertz CT molecular complexity index is 875. The van der Waals surface area contributed by atoms with E-state index in [-0.39, 0.29) is 18.6 Å². The summed E-state index contributed by atoms with van der Waals surface area (Å²) < 4.78 is 1.79. The third kappa shape index (κ3) is 12.4. The van der Waals surface area contributed by atoms with Crippen LogP contribution in [-0.2, 0) is 37.4 Å². The summed E-state index contributed by atoms with van der Waals surface area (Å²) in [6.45, 7) is -0.567. The van der Waals surface area contributed by atoms with Crippen LogP contribution in [0, 0.1) is 0 Å². The van der Waals surface area contributed by atoms with Gasteiger partial charge in [0.25, 0.3) is 0 Å². The predicted molar refractivity (Wildman–Crippen MR) is 131 cm³/mol. The maximum atomic E-state index is 11.5. The molecule has 0 unspecified atom stereocenters. The summed E-state index contributed by atoms with van der Waals surface area (Å²) in [5.41, 5.74) is 6.06. The molecule has 198 valence electrons. The second-order valence-corrected chi connectivity index (χ2v) is 8.33. The topological polar surface area (TPSA) is 217 Å². The Kier molecular flexibility index (Phi) is 14.7. The molecule has 0 saturated heterocycles.